The number of hydrogen-bond acceptors (Lipinski definition) is 8. The molecule has 1 aromatic rings. The largest absolute Gasteiger partial charge is 0.508 e. The Morgan fingerprint density at radius 2 is 1.40 bits per heavy atom. The number of benzene rings is 1. The summed E-state index contributed by atoms with van der Waals surface area (Å²) in [6.45, 7) is 4.37. The smallest absolute Gasteiger partial charge is 0.326 e. The Balaban J connectivity index is 3.13. The second-order valence-corrected chi connectivity index (χ2v) is 8.43. The Bertz CT molecular complexity index is 918. The number of carboxylic acid groups (broad SMARTS) is 2. The van der Waals surface area contributed by atoms with Gasteiger partial charge in [0.25, 0.3) is 0 Å². The number of amides is 3. The maximum absolute atomic E-state index is 12.9. The number of aliphatic hydroxyl groups is 1. The Morgan fingerprint density at radius 1 is 0.857 bits per heavy atom. The molecule has 5 unspecified atom stereocenters. The number of phenols is 1. The van der Waals surface area contributed by atoms with E-state index in [1.165, 1.54) is 31.2 Å². The van der Waals surface area contributed by atoms with Crippen molar-refractivity contribution < 1.29 is 44.4 Å². The fraction of sp³-hybridized carbons (Fsp3) is 0.500. The molecule has 1 aromatic carbocycles. The Labute approximate surface area is 201 Å². The molecular formula is C22H32N4O9. The molecule has 0 radical (unpaired) electrons. The van der Waals surface area contributed by atoms with E-state index in [2.05, 4.69) is 16.0 Å². The van der Waals surface area contributed by atoms with Crippen LogP contribution in [0.1, 0.15) is 32.8 Å². The van der Waals surface area contributed by atoms with Crippen LogP contribution in [0, 0.1) is 5.92 Å². The van der Waals surface area contributed by atoms with E-state index in [0.29, 0.717) is 5.56 Å². The highest BCUT2D eigenvalue weighted by Gasteiger charge is 2.33. The first kappa shape index (κ1) is 29.3. The quantitative estimate of drug-likeness (QED) is 0.154. The molecule has 0 spiro atoms. The zero-order valence-corrected chi connectivity index (χ0v) is 19.6. The predicted octanol–water partition coefficient (Wildman–Crippen LogP) is -1.69. The lowest BCUT2D eigenvalue weighted by Gasteiger charge is -2.27. The van der Waals surface area contributed by atoms with Gasteiger partial charge in [-0.3, -0.25) is 19.2 Å². The summed E-state index contributed by atoms with van der Waals surface area (Å²) in [5.41, 5.74) is 6.01. The molecule has 9 N–H and O–H groups in total. The van der Waals surface area contributed by atoms with Crippen LogP contribution < -0.4 is 21.7 Å². The van der Waals surface area contributed by atoms with E-state index in [1.807, 2.05) is 0 Å². The average molecular weight is 497 g/mol. The van der Waals surface area contributed by atoms with Crippen LogP contribution in [0.5, 0.6) is 5.75 Å². The van der Waals surface area contributed by atoms with Crippen molar-refractivity contribution in [1.82, 2.24) is 16.0 Å². The van der Waals surface area contributed by atoms with Gasteiger partial charge in [0, 0.05) is 6.42 Å². The summed E-state index contributed by atoms with van der Waals surface area (Å²) in [5.74, 6) is -5.92. The first-order chi connectivity index (χ1) is 16.2. The van der Waals surface area contributed by atoms with Crippen molar-refractivity contribution in [2.45, 2.75) is 63.9 Å². The maximum Gasteiger partial charge on any atom is 0.326 e. The van der Waals surface area contributed by atoms with Gasteiger partial charge >= 0.3 is 11.9 Å². The number of aliphatic carboxylic acids is 2. The maximum atomic E-state index is 12.9. The molecule has 3 amide bonds. The van der Waals surface area contributed by atoms with Gasteiger partial charge in [0.2, 0.25) is 17.7 Å². The first-order valence-electron chi connectivity index (χ1n) is 10.8. The van der Waals surface area contributed by atoms with E-state index >= 15 is 0 Å². The van der Waals surface area contributed by atoms with Crippen molar-refractivity contribution in [2.24, 2.45) is 11.7 Å². The third-order valence-corrected chi connectivity index (χ3v) is 5.03. The van der Waals surface area contributed by atoms with E-state index in [9.17, 15) is 39.3 Å². The molecule has 0 fully saturated rings. The molecule has 0 bridgehead atoms. The summed E-state index contributed by atoms with van der Waals surface area (Å²) in [6.07, 6.45) is -2.27. The van der Waals surface area contributed by atoms with Crippen LogP contribution >= 0.6 is 0 Å². The van der Waals surface area contributed by atoms with Crippen LogP contribution in [-0.2, 0) is 30.4 Å². The van der Waals surface area contributed by atoms with Crippen LogP contribution in [-0.4, -0.2) is 80.4 Å². The molecule has 0 aromatic heterocycles. The van der Waals surface area contributed by atoms with E-state index < -0.39 is 72.3 Å². The zero-order chi connectivity index (χ0) is 26.9. The Hall–Kier alpha value is -3.71. The van der Waals surface area contributed by atoms with Crippen molar-refractivity contribution in [1.29, 1.82) is 0 Å². The molecule has 5 atom stereocenters. The zero-order valence-electron chi connectivity index (χ0n) is 19.6. The molecule has 0 saturated carbocycles. The highest BCUT2D eigenvalue weighted by atomic mass is 16.4. The van der Waals surface area contributed by atoms with Crippen molar-refractivity contribution in [2.75, 3.05) is 0 Å². The number of nitrogens with two attached hydrogens (primary N) is 1. The molecular weight excluding hydrogens is 464 g/mol. The van der Waals surface area contributed by atoms with Gasteiger partial charge in [0.15, 0.2) is 0 Å². The number of carboxylic acids is 2. The molecule has 13 heteroatoms. The molecule has 0 aliphatic rings. The van der Waals surface area contributed by atoms with Crippen LogP contribution in [0.15, 0.2) is 24.3 Å². The molecule has 0 saturated heterocycles. The van der Waals surface area contributed by atoms with Gasteiger partial charge in [-0.15, -0.1) is 0 Å². The van der Waals surface area contributed by atoms with Crippen molar-refractivity contribution in [3.8, 4) is 5.75 Å². The second kappa shape index (κ2) is 13.2. The topological polar surface area (TPSA) is 228 Å². The summed E-state index contributed by atoms with van der Waals surface area (Å²) in [4.78, 5) is 60.3. The lowest BCUT2D eigenvalue weighted by atomic mass is 10.0. The summed E-state index contributed by atoms with van der Waals surface area (Å²) in [5, 5.41) is 44.6. The summed E-state index contributed by atoms with van der Waals surface area (Å²) in [6, 6.07) is 0.0841. The second-order valence-electron chi connectivity index (χ2n) is 8.43. The SMILES string of the molecule is CC(C)C(NC(=O)C(Cc1ccc(O)cc1)NC(=O)C(NC(=O)C(N)CC(=O)O)C(C)O)C(=O)O. The van der Waals surface area contributed by atoms with E-state index in [1.54, 1.807) is 13.8 Å². The van der Waals surface area contributed by atoms with Gasteiger partial charge in [-0.25, -0.2) is 4.79 Å². The lowest BCUT2D eigenvalue weighted by Crippen LogP contribution is -2.60. The monoisotopic (exact) mass is 496 g/mol. The van der Waals surface area contributed by atoms with Gasteiger partial charge in [-0.1, -0.05) is 26.0 Å². The summed E-state index contributed by atoms with van der Waals surface area (Å²) in [7, 11) is 0. The van der Waals surface area contributed by atoms with Crippen molar-refractivity contribution in [3.05, 3.63) is 29.8 Å². The van der Waals surface area contributed by atoms with Crippen LogP contribution in [0.2, 0.25) is 0 Å². The number of carbonyl (C=O) groups excluding carboxylic acids is 3. The molecule has 194 valence electrons. The standard InChI is InChI=1S/C22H32N4O9/c1-10(2)17(22(34)35)25-20(32)15(8-12-4-6-13(28)7-5-12)24-21(33)18(11(3)27)26-19(31)14(23)9-16(29)30/h4-7,10-11,14-15,17-18,27-28H,8-9,23H2,1-3H3,(H,24,33)(H,25,32)(H,26,31)(H,29,30)(H,34,35). The summed E-state index contributed by atoms with van der Waals surface area (Å²) < 4.78 is 0. The molecule has 0 aliphatic carbocycles. The van der Waals surface area contributed by atoms with Gasteiger partial charge in [0.1, 0.15) is 23.9 Å². The number of rotatable bonds is 13. The highest BCUT2D eigenvalue weighted by Crippen LogP contribution is 2.12. The lowest BCUT2D eigenvalue weighted by molar-refractivity contribution is -0.143. The number of carbonyl (C=O) groups is 5. The van der Waals surface area contributed by atoms with Crippen LogP contribution in [0.25, 0.3) is 0 Å². The van der Waals surface area contributed by atoms with E-state index in [-0.39, 0.29) is 12.2 Å². The van der Waals surface area contributed by atoms with Gasteiger partial charge in [-0.05, 0) is 30.5 Å². The van der Waals surface area contributed by atoms with Gasteiger partial charge in [0.05, 0.1) is 18.6 Å². The van der Waals surface area contributed by atoms with Crippen molar-refractivity contribution in [3.63, 3.8) is 0 Å². The highest BCUT2D eigenvalue weighted by molar-refractivity contribution is 5.95. The third-order valence-electron chi connectivity index (χ3n) is 5.03. The summed E-state index contributed by atoms with van der Waals surface area (Å²) >= 11 is 0. The minimum Gasteiger partial charge on any atom is -0.508 e. The molecule has 35 heavy (non-hydrogen) atoms. The predicted molar refractivity (Wildman–Crippen MR) is 122 cm³/mol. The molecule has 13 nitrogen and oxygen atoms in total. The fourth-order valence-corrected chi connectivity index (χ4v) is 3.05. The number of phenolic OH excluding ortho intramolecular Hbond substituents is 1. The number of aromatic hydroxyl groups is 1. The van der Waals surface area contributed by atoms with Gasteiger partial charge in [-0.2, -0.15) is 0 Å². The number of nitrogens with one attached hydrogen (secondary N) is 3. The minimum absolute atomic E-state index is 0.0286. The number of hydrogen-bond donors (Lipinski definition) is 8. The van der Waals surface area contributed by atoms with Crippen molar-refractivity contribution >= 4 is 29.7 Å². The normalized spacial score (nSPS) is 15.3. The first-order valence-corrected chi connectivity index (χ1v) is 10.8. The Morgan fingerprint density at radius 3 is 1.86 bits per heavy atom. The third kappa shape index (κ3) is 9.59. The number of aliphatic hydroxyl groups excluding tert-OH is 1. The van der Waals surface area contributed by atoms with Crippen LogP contribution in [0.3, 0.4) is 0 Å². The van der Waals surface area contributed by atoms with E-state index in [4.69, 9.17) is 10.8 Å². The van der Waals surface area contributed by atoms with Gasteiger partial charge < -0.3 is 42.1 Å². The average Bonchev–Trinajstić information content (AvgIpc) is 2.75. The molecule has 1 rings (SSSR count). The van der Waals surface area contributed by atoms with Crippen LogP contribution in [0.4, 0.5) is 0 Å². The minimum atomic E-state index is -1.59. The molecule has 0 heterocycles. The van der Waals surface area contributed by atoms with E-state index in [0.717, 1.165) is 0 Å². The molecule has 0 aliphatic heterocycles. The fourth-order valence-electron chi connectivity index (χ4n) is 3.05. The Kier molecular flexibility index (Phi) is 11.1.